The summed E-state index contributed by atoms with van der Waals surface area (Å²) in [5, 5.41) is 2.55. The fraction of sp³-hybridized carbons (Fsp3) is 0.435. The van der Waals surface area contributed by atoms with Gasteiger partial charge in [0.15, 0.2) is 9.84 Å². The summed E-state index contributed by atoms with van der Waals surface area (Å²) < 4.78 is 31.2. The maximum Gasteiger partial charge on any atom is 0.255 e. The van der Waals surface area contributed by atoms with Crippen LogP contribution in [-0.2, 0) is 9.84 Å². The molecule has 4 rings (SSSR count). The Labute approximate surface area is 172 Å². The van der Waals surface area contributed by atoms with Crippen molar-refractivity contribution in [2.75, 3.05) is 5.32 Å². The van der Waals surface area contributed by atoms with Gasteiger partial charge in [0.1, 0.15) is 5.75 Å². The molecule has 0 heterocycles. The molecule has 0 spiro atoms. The molecule has 2 aliphatic carbocycles. The molecule has 2 fully saturated rings. The first kappa shape index (κ1) is 20.0. The van der Waals surface area contributed by atoms with Crippen molar-refractivity contribution >= 4 is 21.4 Å². The normalized spacial score (nSPS) is 18.1. The lowest BCUT2D eigenvalue weighted by molar-refractivity contribution is 0.102. The molecular formula is C23H27NO4S. The lowest BCUT2D eigenvalue weighted by Gasteiger charge is -2.13. The quantitative estimate of drug-likeness (QED) is 0.725. The van der Waals surface area contributed by atoms with Crippen molar-refractivity contribution in [1.82, 2.24) is 0 Å². The van der Waals surface area contributed by atoms with Crippen LogP contribution in [0.2, 0.25) is 0 Å². The highest BCUT2D eigenvalue weighted by Crippen LogP contribution is 2.30. The Morgan fingerprint density at radius 1 is 0.828 bits per heavy atom. The van der Waals surface area contributed by atoms with E-state index in [1.807, 2.05) is 12.1 Å². The van der Waals surface area contributed by atoms with Crippen LogP contribution in [0.5, 0.6) is 5.75 Å². The maximum atomic E-state index is 12.6. The van der Waals surface area contributed by atoms with E-state index in [4.69, 9.17) is 4.74 Å². The number of hydrogen-bond acceptors (Lipinski definition) is 4. The molecule has 0 atom stereocenters. The van der Waals surface area contributed by atoms with E-state index < -0.39 is 9.84 Å². The third-order valence-electron chi connectivity index (χ3n) is 5.90. The maximum absolute atomic E-state index is 12.6. The van der Waals surface area contributed by atoms with Gasteiger partial charge in [0.2, 0.25) is 0 Å². The minimum absolute atomic E-state index is 0.233. The highest BCUT2D eigenvalue weighted by atomic mass is 32.2. The van der Waals surface area contributed by atoms with Crippen LogP contribution in [0.1, 0.15) is 61.7 Å². The number of amides is 1. The van der Waals surface area contributed by atoms with E-state index in [1.165, 1.54) is 12.8 Å². The third-order valence-corrected chi connectivity index (χ3v) is 8.18. The molecule has 0 aromatic heterocycles. The average molecular weight is 414 g/mol. The SMILES string of the molecule is O=C(Nc1ccc(S(=O)(=O)C2CCCC2)cc1)c1ccc(OC2CCCC2)cc1. The summed E-state index contributed by atoms with van der Waals surface area (Å²) in [4.78, 5) is 12.8. The van der Waals surface area contributed by atoms with Crippen LogP contribution in [0.15, 0.2) is 53.4 Å². The second kappa shape index (κ2) is 8.57. The van der Waals surface area contributed by atoms with Gasteiger partial charge in [0.05, 0.1) is 16.2 Å². The molecule has 0 radical (unpaired) electrons. The van der Waals surface area contributed by atoms with E-state index in [9.17, 15) is 13.2 Å². The zero-order chi connectivity index (χ0) is 20.3. The van der Waals surface area contributed by atoms with E-state index in [0.29, 0.717) is 16.1 Å². The topological polar surface area (TPSA) is 72.5 Å². The number of nitrogens with one attached hydrogen (secondary N) is 1. The molecular weight excluding hydrogens is 386 g/mol. The summed E-state index contributed by atoms with van der Waals surface area (Å²) >= 11 is 0. The van der Waals surface area contributed by atoms with Gasteiger partial charge in [-0.1, -0.05) is 12.8 Å². The number of sulfone groups is 1. The lowest BCUT2D eigenvalue weighted by atomic mass is 10.2. The summed E-state index contributed by atoms with van der Waals surface area (Å²) in [5.41, 5.74) is 1.11. The predicted molar refractivity (Wildman–Crippen MR) is 113 cm³/mol. The van der Waals surface area contributed by atoms with Gasteiger partial charge < -0.3 is 10.1 Å². The van der Waals surface area contributed by atoms with Gasteiger partial charge in [-0.15, -0.1) is 0 Å². The average Bonchev–Trinajstić information content (AvgIpc) is 3.43. The molecule has 2 saturated carbocycles. The van der Waals surface area contributed by atoms with Gasteiger partial charge >= 0.3 is 0 Å². The fourth-order valence-corrected chi connectivity index (χ4v) is 6.06. The van der Waals surface area contributed by atoms with Crippen LogP contribution >= 0.6 is 0 Å². The molecule has 0 aliphatic heterocycles. The first-order valence-corrected chi connectivity index (χ1v) is 12.0. The molecule has 1 N–H and O–H groups in total. The van der Waals surface area contributed by atoms with Crippen LogP contribution in [0.25, 0.3) is 0 Å². The zero-order valence-electron chi connectivity index (χ0n) is 16.5. The molecule has 1 amide bonds. The Morgan fingerprint density at radius 3 is 2.03 bits per heavy atom. The molecule has 0 bridgehead atoms. The van der Waals surface area contributed by atoms with Crippen molar-refractivity contribution in [3.63, 3.8) is 0 Å². The van der Waals surface area contributed by atoms with Crippen LogP contribution in [0.3, 0.4) is 0 Å². The minimum atomic E-state index is -3.28. The smallest absolute Gasteiger partial charge is 0.255 e. The van der Waals surface area contributed by atoms with Crippen LogP contribution in [0, 0.1) is 0 Å². The van der Waals surface area contributed by atoms with Crippen molar-refractivity contribution in [2.24, 2.45) is 0 Å². The number of ether oxygens (including phenoxy) is 1. The summed E-state index contributed by atoms with van der Waals surface area (Å²) in [5.74, 6) is 0.554. The molecule has 0 unspecified atom stereocenters. The van der Waals surface area contributed by atoms with Crippen LogP contribution in [-0.4, -0.2) is 25.7 Å². The predicted octanol–water partition coefficient (Wildman–Crippen LogP) is 4.98. The number of carbonyl (C=O) groups excluding carboxylic acids is 1. The van der Waals surface area contributed by atoms with Crippen molar-refractivity contribution in [3.8, 4) is 5.75 Å². The van der Waals surface area contributed by atoms with Gasteiger partial charge in [0.25, 0.3) is 5.91 Å². The number of carbonyl (C=O) groups is 1. The van der Waals surface area contributed by atoms with Gasteiger partial charge in [-0.3, -0.25) is 4.79 Å². The molecule has 2 aromatic carbocycles. The molecule has 5 nitrogen and oxygen atoms in total. The molecule has 0 saturated heterocycles. The Morgan fingerprint density at radius 2 is 1.41 bits per heavy atom. The van der Waals surface area contributed by atoms with Crippen LogP contribution in [0.4, 0.5) is 5.69 Å². The fourth-order valence-electron chi connectivity index (χ4n) is 4.21. The molecule has 154 valence electrons. The summed E-state index contributed by atoms with van der Waals surface area (Å²) in [6, 6.07) is 13.6. The van der Waals surface area contributed by atoms with Crippen LogP contribution < -0.4 is 10.1 Å². The molecule has 29 heavy (non-hydrogen) atoms. The summed E-state index contributed by atoms with van der Waals surface area (Å²) in [6.45, 7) is 0. The number of rotatable bonds is 6. The third kappa shape index (κ3) is 4.64. The largest absolute Gasteiger partial charge is 0.490 e. The van der Waals surface area contributed by atoms with Gasteiger partial charge in [-0.05, 0) is 87.1 Å². The van der Waals surface area contributed by atoms with E-state index in [0.717, 1.165) is 44.3 Å². The first-order valence-electron chi connectivity index (χ1n) is 10.4. The Kier molecular flexibility index (Phi) is 5.90. The summed E-state index contributed by atoms with van der Waals surface area (Å²) in [6.07, 6.45) is 8.32. The van der Waals surface area contributed by atoms with E-state index in [1.54, 1.807) is 36.4 Å². The Hall–Kier alpha value is -2.34. The monoisotopic (exact) mass is 413 g/mol. The molecule has 2 aliphatic rings. The number of anilines is 1. The number of benzene rings is 2. The molecule has 2 aromatic rings. The minimum Gasteiger partial charge on any atom is -0.490 e. The van der Waals surface area contributed by atoms with Gasteiger partial charge in [-0.25, -0.2) is 8.42 Å². The van der Waals surface area contributed by atoms with Crippen molar-refractivity contribution < 1.29 is 17.9 Å². The van der Waals surface area contributed by atoms with Crippen molar-refractivity contribution in [3.05, 3.63) is 54.1 Å². The second-order valence-corrected chi connectivity index (χ2v) is 10.2. The van der Waals surface area contributed by atoms with E-state index >= 15 is 0 Å². The van der Waals surface area contributed by atoms with Gasteiger partial charge in [0, 0.05) is 11.3 Å². The first-order chi connectivity index (χ1) is 14.0. The van der Waals surface area contributed by atoms with Gasteiger partial charge in [-0.2, -0.15) is 0 Å². The number of hydrogen-bond donors (Lipinski definition) is 1. The molecule has 6 heteroatoms. The Bertz CT molecular complexity index is 939. The van der Waals surface area contributed by atoms with Crippen molar-refractivity contribution in [1.29, 1.82) is 0 Å². The van der Waals surface area contributed by atoms with E-state index in [-0.39, 0.29) is 17.3 Å². The van der Waals surface area contributed by atoms with E-state index in [2.05, 4.69) is 5.32 Å². The Balaban J connectivity index is 1.38. The standard InChI is InChI=1S/C23H27NO4S/c25-23(17-9-13-20(14-10-17)28-19-5-1-2-6-19)24-18-11-15-22(16-12-18)29(26,27)21-7-3-4-8-21/h9-16,19,21H,1-8H2,(H,24,25). The highest BCUT2D eigenvalue weighted by molar-refractivity contribution is 7.92. The lowest BCUT2D eigenvalue weighted by Crippen LogP contribution is -2.18. The highest BCUT2D eigenvalue weighted by Gasteiger charge is 2.30. The zero-order valence-corrected chi connectivity index (χ0v) is 17.3. The second-order valence-electron chi connectivity index (χ2n) is 7.98. The van der Waals surface area contributed by atoms with Crippen molar-refractivity contribution in [2.45, 2.75) is 67.6 Å². The summed E-state index contributed by atoms with van der Waals surface area (Å²) in [7, 11) is -3.28.